The van der Waals surface area contributed by atoms with Crippen molar-refractivity contribution in [3.8, 4) is 0 Å². The van der Waals surface area contributed by atoms with Crippen LogP contribution < -0.4 is 0 Å². The van der Waals surface area contributed by atoms with E-state index in [1.807, 2.05) is 20.8 Å². The second-order valence-corrected chi connectivity index (χ2v) is 5.85. The van der Waals surface area contributed by atoms with Crippen molar-refractivity contribution in [2.45, 2.75) is 45.6 Å². The van der Waals surface area contributed by atoms with E-state index in [2.05, 4.69) is 4.90 Å². The highest BCUT2D eigenvalue weighted by Crippen LogP contribution is 2.23. The molecule has 0 unspecified atom stereocenters. The molecule has 0 aromatic heterocycles. The van der Waals surface area contributed by atoms with Gasteiger partial charge in [-0.1, -0.05) is 6.42 Å². The third kappa shape index (κ3) is 4.33. The molecule has 0 amide bonds. The van der Waals surface area contributed by atoms with Crippen molar-refractivity contribution in [1.29, 1.82) is 0 Å². The zero-order valence-corrected chi connectivity index (χ0v) is 13.0. The first-order chi connectivity index (χ1) is 8.29. The van der Waals surface area contributed by atoms with Crippen molar-refractivity contribution in [2.24, 2.45) is 0 Å². The van der Waals surface area contributed by atoms with Crippen molar-refractivity contribution in [3.05, 3.63) is 0 Å². The number of ether oxygens (including phenoxy) is 2. The van der Waals surface area contributed by atoms with E-state index < -0.39 is 15.3 Å². The highest BCUT2D eigenvalue weighted by molar-refractivity contribution is 6.30. The van der Waals surface area contributed by atoms with Crippen molar-refractivity contribution >= 4 is 9.76 Å². The molecule has 4 nitrogen and oxygen atoms in total. The highest BCUT2D eigenvalue weighted by Gasteiger charge is 2.40. The fourth-order valence-electron chi connectivity index (χ4n) is 2.32. The topological polar surface area (TPSA) is 30.9 Å². The van der Waals surface area contributed by atoms with E-state index in [0.29, 0.717) is 13.2 Å². The van der Waals surface area contributed by atoms with Crippen molar-refractivity contribution in [1.82, 2.24) is 4.90 Å². The Kier molecular flexibility index (Phi) is 7.30. The number of hydrogen-bond acceptors (Lipinski definition) is 4. The molecule has 0 aromatic rings. The second kappa shape index (κ2) is 8.21. The van der Waals surface area contributed by atoms with E-state index in [1.165, 1.54) is 19.3 Å². The minimum absolute atomic E-state index is 0.528. The lowest BCUT2D eigenvalue weighted by Gasteiger charge is -2.44. The number of hydrogen-bond donors (Lipinski definition) is 0. The normalized spacial score (nSPS) is 19.2. The molecule has 0 aliphatic carbocycles. The number of rotatable bonds is 8. The third-order valence-corrected chi connectivity index (χ3v) is 4.90. The summed E-state index contributed by atoms with van der Waals surface area (Å²) < 4.78 is 17.6. The van der Waals surface area contributed by atoms with E-state index in [1.54, 1.807) is 0 Å². The molecule has 1 fully saturated rings. The van der Waals surface area contributed by atoms with Crippen LogP contribution >= 0.6 is 0 Å². The molecule has 0 spiro atoms. The largest absolute Gasteiger partial charge is 0.416 e. The van der Waals surface area contributed by atoms with Gasteiger partial charge in [-0.15, -0.1) is 0 Å². The molecule has 1 aliphatic rings. The van der Waals surface area contributed by atoms with Gasteiger partial charge in [-0.05, 0) is 33.6 Å². The molecule has 0 saturated carbocycles. The zero-order valence-electron chi connectivity index (χ0n) is 11.5. The Morgan fingerprint density at radius 3 is 2.00 bits per heavy atom. The molecule has 1 saturated heterocycles. The molecule has 5 heteroatoms. The molecule has 17 heavy (non-hydrogen) atoms. The van der Waals surface area contributed by atoms with E-state index >= 15 is 0 Å². The molecule has 1 aliphatic heterocycles. The zero-order chi connectivity index (χ0) is 12.6. The van der Waals surface area contributed by atoms with Gasteiger partial charge >= 0.3 is 0 Å². The Morgan fingerprint density at radius 2 is 1.53 bits per heavy atom. The Labute approximate surface area is 108 Å². The Bertz CT molecular complexity index is 192. The quantitative estimate of drug-likeness (QED) is 0.486. The molecule has 1 rings (SSSR count). The van der Waals surface area contributed by atoms with Gasteiger partial charge in [0.1, 0.15) is 0 Å². The maximum Gasteiger partial charge on any atom is 0.248 e. The smallest absolute Gasteiger partial charge is 0.248 e. The Balaban J connectivity index is 2.70. The molecular weight excluding hydrogens is 234 g/mol. The fraction of sp³-hybridized carbons (Fsp3) is 1.00. The van der Waals surface area contributed by atoms with Crippen LogP contribution in [0, 0.1) is 0 Å². The lowest BCUT2D eigenvalue weighted by atomic mass is 10.1. The summed E-state index contributed by atoms with van der Waals surface area (Å²) in [6.07, 6.45) is 3.80. The van der Waals surface area contributed by atoms with Gasteiger partial charge in [0, 0.05) is 32.9 Å². The first-order valence-corrected chi connectivity index (χ1v) is 8.18. The highest BCUT2D eigenvalue weighted by atomic mass is 28.2. The van der Waals surface area contributed by atoms with Gasteiger partial charge in [-0.2, -0.15) is 0 Å². The van der Waals surface area contributed by atoms with Crippen LogP contribution in [0.25, 0.3) is 0 Å². The van der Waals surface area contributed by atoms with Crippen molar-refractivity contribution < 1.29 is 13.9 Å². The first kappa shape index (κ1) is 15.1. The summed E-state index contributed by atoms with van der Waals surface area (Å²) in [5.41, 5.74) is -0.528. The minimum Gasteiger partial charge on any atom is -0.416 e. The van der Waals surface area contributed by atoms with Crippen LogP contribution in [0.1, 0.15) is 40.0 Å². The number of likely N-dealkylation sites (tertiary alicyclic amines) is 1. The second-order valence-electron chi connectivity index (χ2n) is 4.26. The molecule has 0 bridgehead atoms. The van der Waals surface area contributed by atoms with Gasteiger partial charge in [0.25, 0.3) is 0 Å². The average molecular weight is 261 g/mol. The summed E-state index contributed by atoms with van der Waals surface area (Å²) in [5, 5.41) is 0. The lowest BCUT2D eigenvalue weighted by molar-refractivity contribution is -0.268. The molecular formula is C12H27NO3Si. The van der Waals surface area contributed by atoms with Crippen LogP contribution in [0.5, 0.6) is 0 Å². The summed E-state index contributed by atoms with van der Waals surface area (Å²) in [6.45, 7) is 10.3. The van der Waals surface area contributed by atoms with Crippen molar-refractivity contribution in [3.63, 3.8) is 0 Å². The molecule has 0 N–H and O–H groups in total. The van der Waals surface area contributed by atoms with Crippen LogP contribution in [0.2, 0.25) is 0 Å². The van der Waals surface area contributed by atoms with Crippen LogP contribution in [0.15, 0.2) is 0 Å². The fourth-order valence-corrected chi connectivity index (χ4v) is 3.85. The standard InChI is InChI=1S/C12H27NO3Si/c1-4-14-12(15-5-2,17-16-6-3)13-10-8-7-9-11-13/h4-11,17H2,1-3H3. The van der Waals surface area contributed by atoms with Gasteiger partial charge < -0.3 is 13.9 Å². The van der Waals surface area contributed by atoms with E-state index in [-0.39, 0.29) is 0 Å². The van der Waals surface area contributed by atoms with Crippen LogP contribution in [-0.2, 0) is 13.9 Å². The first-order valence-electron chi connectivity index (χ1n) is 6.89. The van der Waals surface area contributed by atoms with Crippen LogP contribution in [0.3, 0.4) is 0 Å². The van der Waals surface area contributed by atoms with Crippen LogP contribution in [-0.4, -0.2) is 53.1 Å². The average Bonchev–Trinajstić information content (AvgIpc) is 2.37. The molecule has 0 radical (unpaired) electrons. The van der Waals surface area contributed by atoms with Gasteiger partial charge in [0.2, 0.25) is 15.3 Å². The molecule has 102 valence electrons. The molecule has 0 aromatic carbocycles. The lowest BCUT2D eigenvalue weighted by Crippen LogP contribution is -2.59. The van der Waals surface area contributed by atoms with E-state index in [4.69, 9.17) is 13.9 Å². The molecule has 1 heterocycles. The van der Waals surface area contributed by atoms with Gasteiger partial charge in [-0.25, -0.2) is 0 Å². The van der Waals surface area contributed by atoms with E-state index in [9.17, 15) is 0 Å². The Hall–Kier alpha value is 0.0569. The van der Waals surface area contributed by atoms with Gasteiger partial charge in [0.15, 0.2) is 0 Å². The predicted octanol–water partition coefficient (Wildman–Crippen LogP) is 1.28. The number of piperidine rings is 1. The van der Waals surface area contributed by atoms with E-state index in [0.717, 1.165) is 19.7 Å². The van der Waals surface area contributed by atoms with Gasteiger partial charge in [0.05, 0.1) is 0 Å². The van der Waals surface area contributed by atoms with Crippen LogP contribution in [0.4, 0.5) is 0 Å². The maximum absolute atomic E-state index is 5.95. The Morgan fingerprint density at radius 1 is 0.941 bits per heavy atom. The maximum atomic E-state index is 5.95. The van der Waals surface area contributed by atoms with Crippen molar-refractivity contribution in [2.75, 3.05) is 32.9 Å². The summed E-state index contributed by atoms with van der Waals surface area (Å²) in [6, 6.07) is 0. The summed E-state index contributed by atoms with van der Waals surface area (Å²) >= 11 is 0. The SMILES string of the molecule is CCO[SiH2]C(OCC)(OCC)N1CCCCC1. The van der Waals surface area contributed by atoms with Gasteiger partial charge in [-0.3, -0.25) is 4.90 Å². The predicted molar refractivity (Wildman–Crippen MR) is 71.6 cm³/mol. The summed E-state index contributed by atoms with van der Waals surface area (Å²) in [4.78, 5) is 2.35. The summed E-state index contributed by atoms with van der Waals surface area (Å²) in [5.74, 6) is 0. The minimum atomic E-state index is -0.867. The summed E-state index contributed by atoms with van der Waals surface area (Å²) in [7, 11) is -0.867. The number of nitrogens with zero attached hydrogens (tertiary/aromatic N) is 1. The molecule has 0 atom stereocenters. The monoisotopic (exact) mass is 261 g/mol. The third-order valence-electron chi connectivity index (χ3n) is 3.07.